The summed E-state index contributed by atoms with van der Waals surface area (Å²) in [5.74, 6) is 0.722. The van der Waals surface area contributed by atoms with Crippen LogP contribution in [0, 0.1) is 0 Å². The number of thiophene rings is 1. The highest BCUT2D eigenvalue weighted by Crippen LogP contribution is 2.40. The van der Waals surface area contributed by atoms with Crippen LogP contribution in [-0.2, 0) is 0 Å². The zero-order chi connectivity index (χ0) is 29.0. The van der Waals surface area contributed by atoms with Gasteiger partial charge >= 0.3 is 0 Å². The number of aromatic nitrogens is 3. The van der Waals surface area contributed by atoms with Gasteiger partial charge in [0.25, 0.3) is 0 Å². The normalized spacial score (nSPS) is 11.6. The van der Waals surface area contributed by atoms with Gasteiger partial charge in [-0.25, -0.2) is 9.97 Å². The molecule has 3 nitrogen and oxygen atoms in total. The van der Waals surface area contributed by atoms with E-state index in [9.17, 15) is 0 Å². The van der Waals surface area contributed by atoms with E-state index in [1.807, 2.05) is 17.4 Å². The van der Waals surface area contributed by atoms with Gasteiger partial charge in [0.05, 0.1) is 22.4 Å². The van der Waals surface area contributed by atoms with Crippen molar-refractivity contribution in [2.24, 2.45) is 0 Å². The summed E-state index contributed by atoms with van der Waals surface area (Å²) in [5, 5.41) is 4.92. The molecule has 9 rings (SSSR count). The van der Waals surface area contributed by atoms with Gasteiger partial charge in [0.1, 0.15) is 0 Å². The summed E-state index contributed by atoms with van der Waals surface area (Å²) in [6.45, 7) is 0. The Bertz CT molecular complexity index is 2490. The number of rotatable bonds is 4. The first-order chi connectivity index (χ1) is 21.8. The second-order valence-corrected chi connectivity index (χ2v) is 12.1. The summed E-state index contributed by atoms with van der Waals surface area (Å²) in [6.07, 6.45) is 0. The molecule has 9 aromatic rings. The molecule has 0 unspecified atom stereocenters. The monoisotopic (exact) mass is 579 g/mol. The molecule has 0 amide bonds. The zero-order valence-corrected chi connectivity index (χ0v) is 24.5. The Labute approximate surface area is 258 Å². The third-order valence-corrected chi connectivity index (χ3v) is 9.56. The van der Waals surface area contributed by atoms with E-state index in [1.54, 1.807) is 0 Å². The molecule has 6 aromatic carbocycles. The number of nitrogens with zero attached hydrogens (tertiary/aromatic N) is 3. The summed E-state index contributed by atoms with van der Waals surface area (Å²) < 4.78 is 4.90. The van der Waals surface area contributed by atoms with E-state index in [2.05, 4.69) is 150 Å². The molecule has 3 aromatic heterocycles. The van der Waals surface area contributed by atoms with Crippen molar-refractivity contribution in [3.8, 4) is 39.6 Å². The standard InChI is InChI=1S/C40H25N3S/c1-3-12-26(13-4-1)33-25-34(27-22-23-30-29-16-8-10-21-37(29)44-38(30)24-27)42-40(41-33)32-18-11-20-36-39(32)31-17-7-9-19-35(31)43(36)28-14-5-2-6-15-28/h1-25H. The van der Waals surface area contributed by atoms with Gasteiger partial charge < -0.3 is 4.57 Å². The van der Waals surface area contributed by atoms with Crippen molar-refractivity contribution in [3.05, 3.63) is 152 Å². The third-order valence-electron chi connectivity index (χ3n) is 8.42. The predicted octanol–water partition coefficient (Wildman–Crippen LogP) is 10.9. The van der Waals surface area contributed by atoms with Crippen molar-refractivity contribution in [2.45, 2.75) is 0 Å². The first-order valence-corrected chi connectivity index (χ1v) is 15.6. The Morgan fingerprint density at radius 1 is 0.455 bits per heavy atom. The Morgan fingerprint density at radius 3 is 1.95 bits per heavy atom. The third kappa shape index (κ3) is 3.96. The SMILES string of the molecule is c1ccc(-c2cc(-c3ccc4c(c3)sc3ccccc34)nc(-c3cccc4c3c3ccccc3n4-c3ccccc3)n2)cc1. The Morgan fingerprint density at radius 2 is 1.11 bits per heavy atom. The minimum absolute atomic E-state index is 0.722. The fourth-order valence-electron chi connectivity index (χ4n) is 6.42. The quantitative estimate of drug-likeness (QED) is 0.208. The summed E-state index contributed by atoms with van der Waals surface area (Å²) in [7, 11) is 0. The van der Waals surface area contributed by atoms with Crippen LogP contribution < -0.4 is 0 Å². The first-order valence-electron chi connectivity index (χ1n) is 14.8. The Balaban J connectivity index is 1.31. The van der Waals surface area contributed by atoms with Gasteiger partial charge in [-0.3, -0.25) is 0 Å². The molecule has 3 heterocycles. The molecular weight excluding hydrogens is 555 g/mol. The zero-order valence-electron chi connectivity index (χ0n) is 23.7. The molecule has 4 heteroatoms. The van der Waals surface area contributed by atoms with Gasteiger partial charge in [-0.1, -0.05) is 109 Å². The fourth-order valence-corrected chi connectivity index (χ4v) is 7.56. The Kier molecular flexibility index (Phi) is 5.68. The second-order valence-electron chi connectivity index (χ2n) is 11.0. The van der Waals surface area contributed by atoms with Gasteiger partial charge in [-0.05, 0) is 42.5 Å². The van der Waals surface area contributed by atoms with Crippen LogP contribution in [0.4, 0.5) is 0 Å². The van der Waals surface area contributed by atoms with E-state index in [-0.39, 0.29) is 0 Å². The van der Waals surface area contributed by atoms with Crippen LogP contribution in [0.15, 0.2) is 152 Å². The van der Waals surface area contributed by atoms with Crippen molar-refractivity contribution < 1.29 is 0 Å². The maximum Gasteiger partial charge on any atom is 0.161 e. The minimum atomic E-state index is 0.722. The maximum atomic E-state index is 5.28. The summed E-state index contributed by atoms with van der Waals surface area (Å²) >= 11 is 1.83. The molecule has 0 atom stereocenters. The molecule has 206 valence electrons. The molecule has 44 heavy (non-hydrogen) atoms. The molecule has 0 aliphatic heterocycles. The lowest BCUT2D eigenvalue weighted by molar-refractivity contribution is 1.17. The lowest BCUT2D eigenvalue weighted by atomic mass is 10.0. The molecular formula is C40H25N3S. The van der Waals surface area contributed by atoms with Crippen molar-refractivity contribution in [3.63, 3.8) is 0 Å². The highest BCUT2D eigenvalue weighted by Gasteiger charge is 2.19. The topological polar surface area (TPSA) is 30.7 Å². The summed E-state index contributed by atoms with van der Waals surface area (Å²) in [6, 6.07) is 53.5. The van der Waals surface area contributed by atoms with E-state index in [0.717, 1.165) is 56.0 Å². The number of fused-ring (bicyclic) bond motifs is 6. The second kappa shape index (κ2) is 10.0. The van der Waals surface area contributed by atoms with Crippen LogP contribution in [0.3, 0.4) is 0 Å². The van der Waals surface area contributed by atoms with Gasteiger partial charge in [-0.15, -0.1) is 11.3 Å². The first kappa shape index (κ1) is 25.0. The average molecular weight is 580 g/mol. The maximum absolute atomic E-state index is 5.28. The lowest BCUT2D eigenvalue weighted by Gasteiger charge is -2.11. The molecule has 0 fully saturated rings. The molecule has 0 bridgehead atoms. The molecule has 0 saturated heterocycles. The van der Waals surface area contributed by atoms with Gasteiger partial charge in [0.15, 0.2) is 5.82 Å². The molecule has 0 aliphatic carbocycles. The van der Waals surface area contributed by atoms with E-state index in [0.29, 0.717) is 0 Å². The van der Waals surface area contributed by atoms with E-state index in [4.69, 9.17) is 9.97 Å². The van der Waals surface area contributed by atoms with Crippen molar-refractivity contribution in [1.82, 2.24) is 14.5 Å². The van der Waals surface area contributed by atoms with Gasteiger partial charge in [0.2, 0.25) is 0 Å². The van der Waals surface area contributed by atoms with Crippen molar-refractivity contribution in [2.75, 3.05) is 0 Å². The lowest BCUT2D eigenvalue weighted by Crippen LogP contribution is -1.97. The Hall–Kier alpha value is -5.58. The van der Waals surface area contributed by atoms with Crippen LogP contribution in [0.5, 0.6) is 0 Å². The smallest absolute Gasteiger partial charge is 0.161 e. The van der Waals surface area contributed by atoms with Crippen molar-refractivity contribution >= 4 is 53.3 Å². The molecule has 0 spiro atoms. The van der Waals surface area contributed by atoms with Crippen LogP contribution in [0.25, 0.3) is 81.6 Å². The summed E-state index contributed by atoms with van der Waals surface area (Å²) in [5.41, 5.74) is 8.43. The van der Waals surface area contributed by atoms with Crippen LogP contribution >= 0.6 is 11.3 Å². The van der Waals surface area contributed by atoms with Gasteiger partial charge in [-0.2, -0.15) is 0 Å². The van der Waals surface area contributed by atoms with Gasteiger partial charge in [0, 0.05) is 53.3 Å². The molecule has 0 saturated carbocycles. The highest BCUT2D eigenvalue weighted by atomic mass is 32.1. The number of para-hydroxylation sites is 2. The molecule has 0 N–H and O–H groups in total. The largest absolute Gasteiger partial charge is 0.309 e. The molecule has 0 radical (unpaired) electrons. The summed E-state index contributed by atoms with van der Waals surface area (Å²) in [4.78, 5) is 10.5. The minimum Gasteiger partial charge on any atom is -0.309 e. The highest BCUT2D eigenvalue weighted by molar-refractivity contribution is 7.25. The van der Waals surface area contributed by atoms with E-state index < -0.39 is 0 Å². The molecule has 0 aliphatic rings. The van der Waals surface area contributed by atoms with E-state index in [1.165, 1.54) is 25.6 Å². The average Bonchev–Trinajstić information content (AvgIpc) is 3.64. The van der Waals surface area contributed by atoms with Crippen LogP contribution in [0.1, 0.15) is 0 Å². The predicted molar refractivity (Wildman–Crippen MR) is 186 cm³/mol. The van der Waals surface area contributed by atoms with E-state index >= 15 is 0 Å². The van der Waals surface area contributed by atoms with Crippen LogP contribution in [0.2, 0.25) is 0 Å². The van der Waals surface area contributed by atoms with Crippen LogP contribution in [-0.4, -0.2) is 14.5 Å². The fraction of sp³-hybridized carbons (Fsp3) is 0. The number of hydrogen-bond acceptors (Lipinski definition) is 3. The van der Waals surface area contributed by atoms with Crippen molar-refractivity contribution in [1.29, 1.82) is 0 Å². The number of hydrogen-bond donors (Lipinski definition) is 0. The number of benzene rings is 6.